The minimum atomic E-state index is -1.23. The summed E-state index contributed by atoms with van der Waals surface area (Å²) in [5, 5.41) is 21.4. The molecule has 2 rings (SSSR count). The lowest BCUT2D eigenvalue weighted by Gasteiger charge is -2.21. The zero-order chi connectivity index (χ0) is 14.0. The van der Waals surface area contributed by atoms with Crippen molar-refractivity contribution in [3.63, 3.8) is 0 Å². The molecule has 6 heteroatoms. The molecule has 0 aromatic heterocycles. The average molecular weight is 281 g/mol. The fourth-order valence-electron chi connectivity index (χ4n) is 2.03. The number of amides is 1. The first-order valence-corrected chi connectivity index (χ1v) is 6.93. The Labute approximate surface area is 115 Å². The second kappa shape index (κ2) is 5.13. The smallest absolute Gasteiger partial charge is 0.339 e. The van der Waals surface area contributed by atoms with E-state index in [1.807, 2.05) is 6.92 Å². The number of aromatic hydroxyl groups is 1. The summed E-state index contributed by atoms with van der Waals surface area (Å²) in [4.78, 5) is 23.1. The van der Waals surface area contributed by atoms with Gasteiger partial charge in [-0.2, -0.15) is 0 Å². The lowest BCUT2D eigenvalue weighted by atomic mass is 10.0. The molecule has 0 bridgehead atoms. The molecule has 3 N–H and O–H groups in total. The standard InChI is InChI=1S/C13H15NO4S/c1-13(6-3-7-19-13)12(18)14-9-5-2-4-8(10(9)15)11(16)17/h2,4-5,15H,3,6-7H2,1H3,(H,14,18)(H,16,17). The van der Waals surface area contributed by atoms with Crippen LogP contribution in [0.15, 0.2) is 18.2 Å². The first kappa shape index (κ1) is 13.7. The van der Waals surface area contributed by atoms with E-state index in [1.165, 1.54) is 18.2 Å². The minimum Gasteiger partial charge on any atom is -0.505 e. The fraction of sp³-hybridized carbons (Fsp3) is 0.385. The first-order valence-electron chi connectivity index (χ1n) is 5.95. The summed E-state index contributed by atoms with van der Waals surface area (Å²) in [6.07, 6.45) is 1.76. The maximum atomic E-state index is 12.2. The van der Waals surface area contributed by atoms with E-state index in [9.17, 15) is 14.7 Å². The van der Waals surface area contributed by atoms with Crippen LogP contribution in [0.25, 0.3) is 0 Å². The van der Waals surface area contributed by atoms with Crippen molar-refractivity contribution in [1.29, 1.82) is 0 Å². The van der Waals surface area contributed by atoms with Gasteiger partial charge in [0.25, 0.3) is 0 Å². The van der Waals surface area contributed by atoms with Crippen molar-refractivity contribution >= 4 is 29.3 Å². The molecule has 19 heavy (non-hydrogen) atoms. The minimum absolute atomic E-state index is 0.138. The van der Waals surface area contributed by atoms with Gasteiger partial charge in [0.15, 0.2) is 5.75 Å². The zero-order valence-electron chi connectivity index (χ0n) is 10.5. The van der Waals surface area contributed by atoms with Gasteiger partial charge < -0.3 is 15.5 Å². The fourth-order valence-corrected chi connectivity index (χ4v) is 3.24. The van der Waals surface area contributed by atoms with Crippen molar-refractivity contribution in [1.82, 2.24) is 0 Å². The molecule has 1 aromatic carbocycles. The van der Waals surface area contributed by atoms with E-state index in [-0.39, 0.29) is 17.2 Å². The molecule has 1 amide bonds. The topological polar surface area (TPSA) is 86.6 Å². The lowest BCUT2D eigenvalue weighted by Crippen LogP contribution is -2.34. The summed E-state index contributed by atoms with van der Waals surface area (Å²) in [6, 6.07) is 4.27. The van der Waals surface area contributed by atoms with E-state index < -0.39 is 16.5 Å². The number of carboxylic acids is 1. The number of benzene rings is 1. The summed E-state index contributed by atoms with van der Waals surface area (Å²) in [5.41, 5.74) is -0.0827. The van der Waals surface area contributed by atoms with Crippen molar-refractivity contribution in [2.75, 3.05) is 11.1 Å². The SMILES string of the molecule is CC1(C(=O)Nc2cccc(C(=O)O)c2O)CCCS1. The van der Waals surface area contributed by atoms with E-state index in [1.54, 1.807) is 11.8 Å². The zero-order valence-corrected chi connectivity index (χ0v) is 11.3. The first-order chi connectivity index (χ1) is 8.94. The Morgan fingerprint density at radius 2 is 2.16 bits per heavy atom. The van der Waals surface area contributed by atoms with Crippen LogP contribution >= 0.6 is 11.8 Å². The van der Waals surface area contributed by atoms with Gasteiger partial charge in [0, 0.05) is 0 Å². The summed E-state index contributed by atoms with van der Waals surface area (Å²) in [7, 11) is 0. The molecular weight excluding hydrogens is 266 g/mol. The van der Waals surface area contributed by atoms with E-state index in [4.69, 9.17) is 5.11 Å². The maximum Gasteiger partial charge on any atom is 0.339 e. The number of nitrogens with one attached hydrogen (secondary N) is 1. The number of phenols is 1. The summed E-state index contributed by atoms with van der Waals surface area (Å²) in [5.74, 6) is -0.900. The number of thioether (sulfide) groups is 1. The van der Waals surface area contributed by atoms with Gasteiger partial charge in [-0.25, -0.2) is 4.79 Å². The molecule has 5 nitrogen and oxygen atoms in total. The molecule has 0 spiro atoms. The predicted molar refractivity (Wildman–Crippen MR) is 73.8 cm³/mol. The van der Waals surface area contributed by atoms with Crippen molar-refractivity contribution < 1.29 is 19.8 Å². The van der Waals surface area contributed by atoms with Crippen molar-refractivity contribution in [2.45, 2.75) is 24.5 Å². The van der Waals surface area contributed by atoms with Crippen LogP contribution in [0.3, 0.4) is 0 Å². The molecule has 1 saturated heterocycles. The van der Waals surface area contributed by atoms with E-state index in [0.717, 1.165) is 18.6 Å². The van der Waals surface area contributed by atoms with Crippen molar-refractivity contribution in [3.8, 4) is 5.75 Å². The van der Waals surface area contributed by atoms with Crippen LogP contribution in [0.5, 0.6) is 5.75 Å². The number of para-hydroxylation sites is 1. The molecule has 0 saturated carbocycles. The quantitative estimate of drug-likeness (QED) is 0.740. The monoisotopic (exact) mass is 281 g/mol. The maximum absolute atomic E-state index is 12.2. The van der Waals surface area contributed by atoms with Crippen LogP contribution < -0.4 is 5.32 Å². The predicted octanol–water partition coefficient (Wildman–Crippen LogP) is 2.31. The Balaban J connectivity index is 2.22. The molecule has 1 heterocycles. The van der Waals surface area contributed by atoms with Crippen LogP contribution in [-0.2, 0) is 4.79 Å². The summed E-state index contributed by atoms with van der Waals surface area (Å²) in [6.45, 7) is 1.86. The molecule has 1 aliphatic rings. The van der Waals surface area contributed by atoms with E-state index in [0.29, 0.717) is 0 Å². The molecular formula is C13H15NO4S. The Bertz CT molecular complexity index is 523. The van der Waals surface area contributed by atoms with Gasteiger partial charge in [0.05, 0.1) is 10.4 Å². The second-order valence-corrected chi connectivity index (χ2v) is 6.24. The van der Waals surface area contributed by atoms with Gasteiger partial charge in [0.2, 0.25) is 5.91 Å². The Morgan fingerprint density at radius 1 is 1.42 bits per heavy atom. The molecule has 1 aromatic rings. The van der Waals surface area contributed by atoms with Gasteiger partial charge in [-0.1, -0.05) is 6.07 Å². The molecule has 1 atom stereocenters. The Kier molecular flexibility index (Phi) is 3.71. The molecule has 0 aliphatic carbocycles. The number of rotatable bonds is 3. The number of hydrogen-bond acceptors (Lipinski definition) is 4. The molecule has 1 unspecified atom stereocenters. The number of aromatic carboxylic acids is 1. The lowest BCUT2D eigenvalue weighted by molar-refractivity contribution is -0.118. The molecule has 0 radical (unpaired) electrons. The van der Waals surface area contributed by atoms with Gasteiger partial charge in [-0.05, 0) is 37.7 Å². The highest BCUT2D eigenvalue weighted by Crippen LogP contribution is 2.39. The van der Waals surface area contributed by atoms with Crippen LogP contribution in [-0.4, -0.2) is 32.6 Å². The number of carboxylic acid groups (broad SMARTS) is 1. The van der Waals surface area contributed by atoms with Crippen molar-refractivity contribution in [2.24, 2.45) is 0 Å². The highest BCUT2D eigenvalue weighted by Gasteiger charge is 2.37. The second-order valence-electron chi connectivity index (χ2n) is 4.64. The van der Waals surface area contributed by atoms with Gasteiger partial charge >= 0.3 is 5.97 Å². The molecule has 1 fully saturated rings. The Hall–Kier alpha value is -1.69. The van der Waals surface area contributed by atoms with Crippen LogP contribution in [0.2, 0.25) is 0 Å². The summed E-state index contributed by atoms with van der Waals surface area (Å²) >= 11 is 1.58. The van der Waals surface area contributed by atoms with Gasteiger partial charge in [-0.3, -0.25) is 4.79 Å². The normalized spacial score (nSPS) is 22.2. The van der Waals surface area contributed by atoms with Crippen LogP contribution in [0.4, 0.5) is 5.69 Å². The third kappa shape index (κ3) is 2.68. The van der Waals surface area contributed by atoms with E-state index in [2.05, 4.69) is 5.32 Å². The molecule has 1 aliphatic heterocycles. The van der Waals surface area contributed by atoms with Crippen LogP contribution in [0.1, 0.15) is 30.1 Å². The molecule has 102 valence electrons. The average Bonchev–Trinajstić information content (AvgIpc) is 2.80. The van der Waals surface area contributed by atoms with Gasteiger partial charge in [-0.15, -0.1) is 11.8 Å². The number of carbonyl (C=O) groups is 2. The highest BCUT2D eigenvalue weighted by atomic mass is 32.2. The number of anilines is 1. The third-order valence-corrected chi connectivity index (χ3v) is 4.73. The van der Waals surface area contributed by atoms with Crippen molar-refractivity contribution in [3.05, 3.63) is 23.8 Å². The largest absolute Gasteiger partial charge is 0.505 e. The Morgan fingerprint density at radius 3 is 2.74 bits per heavy atom. The van der Waals surface area contributed by atoms with Gasteiger partial charge in [0.1, 0.15) is 5.56 Å². The van der Waals surface area contributed by atoms with Crippen LogP contribution in [0, 0.1) is 0 Å². The van der Waals surface area contributed by atoms with E-state index >= 15 is 0 Å². The number of hydrogen-bond donors (Lipinski definition) is 3. The highest BCUT2D eigenvalue weighted by molar-refractivity contribution is 8.01. The number of carbonyl (C=O) groups excluding carboxylic acids is 1. The summed E-state index contributed by atoms with van der Waals surface area (Å²) < 4.78 is -0.508. The third-order valence-electron chi connectivity index (χ3n) is 3.21.